The number of benzene rings is 2. The number of oxazole rings is 1. The minimum Gasteiger partial charge on any atom is -0.497 e. The Morgan fingerprint density at radius 2 is 1.82 bits per heavy atom. The summed E-state index contributed by atoms with van der Waals surface area (Å²) in [5, 5.41) is 1.10. The monoisotopic (exact) mass is 411 g/mol. The van der Waals surface area contributed by atoms with Gasteiger partial charge in [-0.1, -0.05) is 29.3 Å². The lowest BCUT2D eigenvalue weighted by atomic mass is 10.2. The van der Waals surface area contributed by atoms with Crippen molar-refractivity contribution in [3.05, 3.63) is 88.8 Å². The molecular weight excluding hydrogens is 395 g/mol. The molecule has 4 nitrogen and oxygen atoms in total. The molecule has 0 amide bonds. The van der Waals surface area contributed by atoms with Crippen LogP contribution in [0, 0.1) is 0 Å². The van der Waals surface area contributed by atoms with E-state index < -0.39 is 0 Å². The molecule has 0 atom stereocenters. The van der Waals surface area contributed by atoms with Gasteiger partial charge in [-0.15, -0.1) is 0 Å². The topological polar surface area (TPSA) is 39.1 Å². The third-order valence-electron chi connectivity index (χ3n) is 4.33. The number of halogens is 2. The molecule has 0 aliphatic rings. The Hall–Kier alpha value is -2.82. The lowest BCUT2D eigenvalue weighted by Crippen LogP contribution is -2.33. The molecule has 140 valence electrons. The summed E-state index contributed by atoms with van der Waals surface area (Å²) < 4.78 is 13.2. The molecule has 0 fully saturated rings. The first kappa shape index (κ1) is 18.5. The van der Waals surface area contributed by atoms with E-state index in [-0.39, 0.29) is 0 Å². The molecule has 2 aromatic carbocycles. The average Bonchev–Trinajstić information content (AvgIpc) is 3.21. The Bertz CT molecular complexity index is 1110. The molecule has 2 aromatic heterocycles. The van der Waals surface area contributed by atoms with E-state index >= 15 is 0 Å². The summed E-state index contributed by atoms with van der Waals surface area (Å²) in [4.78, 5) is 4.43. The molecule has 0 unspecified atom stereocenters. The van der Waals surface area contributed by atoms with Gasteiger partial charge in [0.25, 0.3) is 0 Å². The molecule has 4 rings (SSSR count). The van der Waals surface area contributed by atoms with Crippen LogP contribution in [-0.4, -0.2) is 12.1 Å². The molecule has 0 saturated carbocycles. The molecule has 2 heterocycles. The van der Waals surface area contributed by atoms with Crippen LogP contribution < -0.4 is 9.30 Å². The molecule has 0 aliphatic heterocycles. The van der Waals surface area contributed by atoms with E-state index in [1.807, 2.05) is 65.5 Å². The molecule has 0 radical (unpaired) electrons. The van der Waals surface area contributed by atoms with Crippen LogP contribution in [0.2, 0.25) is 10.0 Å². The van der Waals surface area contributed by atoms with Crippen molar-refractivity contribution in [2.24, 2.45) is 0 Å². The minimum absolute atomic E-state index is 0.549. The van der Waals surface area contributed by atoms with Crippen molar-refractivity contribution in [2.75, 3.05) is 7.11 Å². The third-order valence-corrected chi connectivity index (χ3v) is 5.07. The molecule has 28 heavy (non-hydrogen) atoms. The lowest BCUT2D eigenvalue weighted by Gasteiger charge is -2.02. The highest BCUT2D eigenvalue weighted by Crippen LogP contribution is 2.27. The second-order valence-corrected chi connectivity index (χ2v) is 7.09. The van der Waals surface area contributed by atoms with Crippen LogP contribution in [0.4, 0.5) is 0 Å². The summed E-state index contributed by atoms with van der Waals surface area (Å²) in [5.41, 5.74) is 2.89. The standard InChI is InChI=1S/C22H17Cl2N2O2/c1-27-18-7-5-16(6-8-18)21-12-25-22(28-21)17-3-2-10-26(14-17)13-15-4-9-19(23)20(24)11-15/h2-12,14H,13H2,1H3/q+1. The maximum absolute atomic E-state index is 6.11. The highest BCUT2D eigenvalue weighted by Gasteiger charge is 2.13. The van der Waals surface area contributed by atoms with Crippen LogP contribution in [0.25, 0.3) is 22.8 Å². The fraction of sp³-hybridized carbons (Fsp3) is 0.0909. The lowest BCUT2D eigenvalue weighted by molar-refractivity contribution is -0.687. The largest absolute Gasteiger partial charge is 0.497 e. The molecule has 4 aromatic rings. The number of hydrogen-bond donors (Lipinski definition) is 0. The minimum atomic E-state index is 0.549. The average molecular weight is 412 g/mol. The molecule has 0 bridgehead atoms. The van der Waals surface area contributed by atoms with Gasteiger partial charge in [-0.25, -0.2) is 4.98 Å². The van der Waals surface area contributed by atoms with E-state index in [4.69, 9.17) is 32.4 Å². The van der Waals surface area contributed by atoms with Gasteiger partial charge >= 0.3 is 0 Å². The van der Waals surface area contributed by atoms with Crippen LogP contribution in [-0.2, 0) is 6.54 Å². The van der Waals surface area contributed by atoms with E-state index in [2.05, 4.69) is 4.98 Å². The van der Waals surface area contributed by atoms with Crippen molar-refractivity contribution < 1.29 is 13.7 Å². The van der Waals surface area contributed by atoms with Crippen LogP contribution in [0.5, 0.6) is 5.75 Å². The number of aromatic nitrogens is 2. The van der Waals surface area contributed by atoms with Gasteiger partial charge in [-0.3, -0.25) is 0 Å². The van der Waals surface area contributed by atoms with Crippen LogP contribution in [0.3, 0.4) is 0 Å². The predicted molar refractivity (Wildman–Crippen MR) is 110 cm³/mol. The highest BCUT2D eigenvalue weighted by atomic mass is 35.5. The van der Waals surface area contributed by atoms with Crippen LogP contribution in [0.1, 0.15) is 5.56 Å². The molecule has 0 saturated heterocycles. The normalized spacial score (nSPS) is 10.8. The Morgan fingerprint density at radius 3 is 2.57 bits per heavy atom. The zero-order valence-corrected chi connectivity index (χ0v) is 16.6. The van der Waals surface area contributed by atoms with E-state index in [1.165, 1.54) is 0 Å². The summed E-state index contributed by atoms with van der Waals surface area (Å²) in [6.45, 7) is 0.663. The van der Waals surface area contributed by atoms with Gasteiger partial charge in [0.15, 0.2) is 24.7 Å². The number of pyridine rings is 1. The number of ether oxygens (including phenoxy) is 1. The first-order valence-electron chi connectivity index (χ1n) is 8.66. The Balaban J connectivity index is 1.57. The van der Waals surface area contributed by atoms with Gasteiger partial charge in [-0.2, -0.15) is 4.57 Å². The van der Waals surface area contributed by atoms with Gasteiger partial charge in [0.05, 0.1) is 23.4 Å². The van der Waals surface area contributed by atoms with Crippen molar-refractivity contribution in [2.45, 2.75) is 6.54 Å². The summed E-state index contributed by atoms with van der Waals surface area (Å²) in [7, 11) is 1.64. The summed E-state index contributed by atoms with van der Waals surface area (Å²) in [6.07, 6.45) is 5.71. The Kier molecular flexibility index (Phi) is 5.33. The first-order chi connectivity index (χ1) is 13.6. The Labute approximate surface area is 172 Å². The van der Waals surface area contributed by atoms with Crippen molar-refractivity contribution >= 4 is 23.2 Å². The fourth-order valence-electron chi connectivity index (χ4n) is 2.89. The molecule has 0 aliphatic carbocycles. The zero-order chi connectivity index (χ0) is 19.5. The number of rotatable bonds is 5. The molecule has 6 heteroatoms. The predicted octanol–water partition coefficient (Wildman–Crippen LogP) is 5.66. The zero-order valence-electron chi connectivity index (χ0n) is 15.1. The third kappa shape index (κ3) is 4.03. The van der Waals surface area contributed by atoms with Gasteiger partial charge in [-0.05, 0) is 42.5 Å². The highest BCUT2D eigenvalue weighted by molar-refractivity contribution is 6.42. The van der Waals surface area contributed by atoms with Gasteiger partial charge < -0.3 is 9.15 Å². The van der Waals surface area contributed by atoms with E-state index in [1.54, 1.807) is 19.4 Å². The summed E-state index contributed by atoms with van der Waals surface area (Å²) in [6, 6.07) is 17.2. The molecular formula is C22H17Cl2N2O2+. The van der Waals surface area contributed by atoms with E-state index in [9.17, 15) is 0 Å². The smallest absolute Gasteiger partial charge is 0.232 e. The van der Waals surface area contributed by atoms with Gasteiger partial charge in [0, 0.05) is 17.2 Å². The number of hydrogen-bond acceptors (Lipinski definition) is 3. The maximum Gasteiger partial charge on any atom is 0.232 e. The van der Waals surface area contributed by atoms with Gasteiger partial charge in [0.1, 0.15) is 11.3 Å². The second kappa shape index (κ2) is 8.05. The first-order valence-corrected chi connectivity index (χ1v) is 9.41. The fourth-order valence-corrected chi connectivity index (χ4v) is 3.21. The van der Waals surface area contributed by atoms with E-state index in [0.29, 0.717) is 28.2 Å². The maximum atomic E-state index is 6.11. The van der Waals surface area contributed by atoms with Crippen molar-refractivity contribution in [3.8, 4) is 28.5 Å². The van der Waals surface area contributed by atoms with Crippen LogP contribution in [0.15, 0.2) is 77.6 Å². The number of methoxy groups -OCH3 is 1. The van der Waals surface area contributed by atoms with Crippen molar-refractivity contribution in [1.82, 2.24) is 4.98 Å². The Morgan fingerprint density at radius 1 is 1.00 bits per heavy atom. The molecule has 0 N–H and O–H groups in total. The molecule has 0 spiro atoms. The van der Waals surface area contributed by atoms with Crippen molar-refractivity contribution in [3.63, 3.8) is 0 Å². The van der Waals surface area contributed by atoms with Crippen LogP contribution >= 0.6 is 23.2 Å². The van der Waals surface area contributed by atoms with Gasteiger partial charge in [0.2, 0.25) is 5.89 Å². The SMILES string of the molecule is COc1ccc(-c2cnc(-c3ccc[n+](Cc4ccc(Cl)c(Cl)c4)c3)o2)cc1. The van der Waals surface area contributed by atoms with E-state index in [0.717, 1.165) is 22.4 Å². The van der Waals surface area contributed by atoms with Crippen molar-refractivity contribution in [1.29, 1.82) is 0 Å². The summed E-state index contributed by atoms with van der Waals surface area (Å²) >= 11 is 12.1. The number of nitrogens with zero attached hydrogens (tertiary/aromatic N) is 2. The quantitative estimate of drug-likeness (QED) is 0.397. The summed E-state index contributed by atoms with van der Waals surface area (Å²) in [5.74, 6) is 2.07. The second-order valence-electron chi connectivity index (χ2n) is 6.27.